The maximum atomic E-state index is 2.62. The zero-order valence-electron chi connectivity index (χ0n) is 12.8. The maximum Gasteiger partial charge on any atom is 0.0236 e. The fourth-order valence-corrected chi connectivity index (χ4v) is 3.24. The van der Waals surface area contributed by atoms with E-state index in [9.17, 15) is 0 Å². The lowest BCUT2D eigenvalue weighted by molar-refractivity contribution is 0.220. The molecule has 0 spiro atoms. The molecular formula is C20H25N. The van der Waals surface area contributed by atoms with E-state index in [0.29, 0.717) is 0 Å². The van der Waals surface area contributed by atoms with Crippen molar-refractivity contribution < 1.29 is 0 Å². The summed E-state index contributed by atoms with van der Waals surface area (Å²) in [5.74, 6) is 0. The molecule has 0 unspecified atom stereocenters. The molecule has 3 rings (SSSR count). The Hall–Kier alpha value is -1.60. The second-order valence-electron chi connectivity index (χ2n) is 6.09. The van der Waals surface area contributed by atoms with Crippen molar-refractivity contribution in [2.75, 3.05) is 13.1 Å². The fraction of sp³-hybridized carbons (Fsp3) is 0.400. The van der Waals surface area contributed by atoms with Crippen molar-refractivity contribution in [2.24, 2.45) is 0 Å². The summed E-state index contributed by atoms with van der Waals surface area (Å²) in [6.45, 7) is 3.67. The second-order valence-corrected chi connectivity index (χ2v) is 6.09. The molecule has 1 saturated heterocycles. The SMILES string of the molecule is c1ccc(CCc2ccccc2CN2CCCCC2)cc1. The lowest BCUT2D eigenvalue weighted by atomic mass is 9.99. The average Bonchev–Trinajstić information content (AvgIpc) is 2.56. The Balaban J connectivity index is 1.64. The number of piperidine rings is 1. The molecular weight excluding hydrogens is 254 g/mol. The van der Waals surface area contributed by atoms with Crippen LogP contribution in [-0.4, -0.2) is 18.0 Å². The predicted molar refractivity (Wildman–Crippen MR) is 89.4 cm³/mol. The molecule has 21 heavy (non-hydrogen) atoms. The summed E-state index contributed by atoms with van der Waals surface area (Å²) in [6.07, 6.45) is 6.43. The molecule has 0 atom stereocenters. The van der Waals surface area contributed by atoms with E-state index in [-0.39, 0.29) is 0 Å². The number of nitrogens with zero attached hydrogens (tertiary/aromatic N) is 1. The Labute approximate surface area is 128 Å². The summed E-state index contributed by atoms with van der Waals surface area (Å²) < 4.78 is 0. The molecule has 0 saturated carbocycles. The lowest BCUT2D eigenvalue weighted by Gasteiger charge is -2.27. The number of likely N-dealkylation sites (tertiary alicyclic amines) is 1. The Bertz CT molecular complexity index is 541. The summed E-state index contributed by atoms with van der Waals surface area (Å²) in [4.78, 5) is 2.62. The first kappa shape index (κ1) is 14.3. The highest BCUT2D eigenvalue weighted by Gasteiger charge is 2.12. The molecule has 0 radical (unpaired) electrons. The van der Waals surface area contributed by atoms with Gasteiger partial charge in [-0.2, -0.15) is 0 Å². The Morgan fingerprint density at radius 3 is 2.10 bits per heavy atom. The lowest BCUT2D eigenvalue weighted by Crippen LogP contribution is -2.29. The third-order valence-electron chi connectivity index (χ3n) is 4.49. The van der Waals surface area contributed by atoms with E-state index in [1.807, 2.05) is 0 Å². The molecule has 0 aromatic heterocycles. The summed E-state index contributed by atoms with van der Waals surface area (Å²) in [6, 6.07) is 19.8. The van der Waals surface area contributed by atoms with Crippen molar-refractivity contribution in [1.29, 1.82) is 0 Å². The van der Waals surface area contributed by atoms with E-state index in [1.165, 1.54) is 49.0 Å². The van der Waals surface area contributed by atoms with Gasteiger partial charge in [-0.1, -0.05) is 61.0 Å². The van der Waals surface area contributed by atoms with Crippen molar-refractivity contribution in [2.45, 2.75) is 38.6 Å². The Morgan fingerprint density at radius 2 is 1.33 bits per heavy atom. The molecule has 1 aliphatic heterocycles. The van der Waals surface area contributed by atoms with Gasteiger partial charge in [0.25, 0.3) is 0 Å². The standard InChI is InChI=1S/C20H25N/c1-3-9-18(10-4-1)13-14-19-11-5-6-12-20(19)17-21-15-7-2-8-16-21/h1,3-6,9-12H,2,7-8,13-17H2. The minimum Gasteiger partial charge on any atom is -0.299 e. The van der Waals surface area contributed by atoms with E-state index in [2.05, 4.69) is 59.5 Å². The minimum absolute atomic E-state index is 1.13. The third-order valence-corrected chi connectivity index (χ3v) is 4.49. The van der Waals surface area contributed by atoms with Gasteiger partial charge in [-0.3, -0.25) is 4.90 Å². The monoisotopic (exact) mass is 279 g/mol. The van der Waals surface area contributed by atoms with Gasteiger partial charge in [0.1, 0.15) is 0 Å². The zero-order chi connectivity index (χ0) is 14.3. The van der Waals surface area contributed by atoms with Gasteiger partial charge < -0.3 is 0 Å². The van der Waals surface area contributed by atoms with Gasteiger partial charge in [0.15, 0.2) is 0 Å². The molecule has 1 aliphatic rings. The van der Waals surface area contributed by atoms with Gasteiger partial charge in [0.2, 0.25) is 0 Å². The quantitative estimate of drug-likeness (QED) is 0.781. The fourth-order valence-electron chi connectivity index (χ4n) is 3.24. The normalized spacial score (nSPS) is 16.0. The van der Waals surface area contributed by atoms with Gasteiger partial charge in [-0.25, -0.2) is 0 Å². The van der Waals surface area contributed by atoms with E-state index in [4.69, 9.17) is 0 Å². The predicted octanol–water partition coefficient (Wildman–Crippen LogP) is 4.46. The summed E-state index contributed by atoms with van der Waals surface area (Å²) in [5, 5.41) is 0. The molecule has 1 heteroatoms. The van der Waals surface area contributed by atoms with Gasteiger partial charge in [-0.15, -0.1) is 0 Å². The third kappa shape index (κ3) is 4.18. The van der Waals surface area contributed by atoms with Crippen LogP contribution in [0.5, 0.6) is 0 Å². The zero-order valence-corrected chi connectivity index (χ0v) is 12.8. The largest absolute Gasteiger partial charge is 0.299 e. The summed E-state index contributed by atoms with van der Waals surface area (Å²) in [7, 11) is 0. The highest BCUT2D eigenvalue weighted by atomic mass is 15.1. The van der Waals surface area contributed by atoms with Gasteiger partial charge >= 0.3 is 0 Å². The summed E-state index contributed by atoms with van der Waals surface area (Å²) >= 11 is 0. The van der Waals surface area contributed by atoms with Crippen LogP contribution in [-0.2, 0) is 19.4 Å². The first-order valence-electron chi connectivity index (χ1n) is 8.25. The van der Waals surface area contributed by atoms with Crippen molar-refractivity contribution in [3.8, 4) is 0 Å². The number of rotatable bonds is 5. The summed E-state index contributed by atoms with van der Waals surface area (Å²) in [5.41, 5.74) is 4.48. The van der Waals surface area contributed by atoms with E-state index >= 15 is 0 Å². The first-order valence-corrected chi connectivity index (χ1v) is 8.25. The van der Waals surface area contributed by atoms with Crippen LogP contribution >= 0.6 is 0 Å². The Morgan fingerprint density at radius 1 is 0.667 bits per heavy atom. The van der Waals surface area contributed by atoms with Crippen molar-refractivity contribution in [1.82, 2.24) is 4.90 Å². The van der Waals surface area contributed by atoms with Crippen LogP contribution in [0.4, 0.5) is 0 Å². The number of aryl methyl sites for hydroxylation is 2. The topological polar surface area (TPSA) is 3.24 Å². The molecule has 0 aliphatic carbocycles. The average molecular weight is 279 g/mol. The molecule has 1 nitrogen and oxygen atoms in total. The van der Waals surface area contributed by atoms with E-state index < -0.39 is 0 Å². The number of benzene rings is 2. The highest BCUT2D eigenvalue weighted by molar-refractivity contribution is 5.28. The van der Waals surface area contributed by atoms with Crippen molar-refractivity contribution >= 4 is 0 Å². The van der Waals surface area contributed by atoms with Crippen LogP contribution in [0.25, 0.3) is 0 Å². The molecule has 2 aromatic rings. The van der Waals surface area contributed by atoms with Gasteiger partial charge in [0, 0.05) is 6.54 Å². The molecule has 0 bridgehead atoms. The van der Waals surface area contributed by atoms with Crippen LogP contribution in [0.3, 0.4) is 0 Å². The van der Waals surface area contributed by atoms with Crippen LogP contribution in [0, 0.1) is 0 Å². The maximum absolute atomic E-state index is 2.62. The molecule has 0 N–H and O–H groups in total. The molecule has 2 aromatic carbocycles. The smallest absolute Gasteiger partial charge is 0.0236 e. The molecule has 1 heterocycles. The van der Waals surface area contributed by atoms with Gasteiger partial charge in [-0.05, 0) is 55.5 Å². The molecule has 110 valence electrons. The van der Waals surface area contributed by atoms with Crippen molar-refractivity contribution in [3.05, 3.63) is 71.3 Å². The minimum atomic E-state index is 1.13. The van der Waals surface area contributed by atoms with Crippen LogP contribution in [0.2, 0.25) is 0 Å². The molecule has 0 amide bonds. The van der Waals surface area contributed by atoms with Gasteiger partial charge in [0.05, 0.1) is 0 Å². The Kier molecular flexibility index (Phi) is 5.07. The van der Waals surface area contributed by atoms with E-state index in [1.54, 1.807) is 0 Å². The number of hydrogen-bond donors (Lipinski definition) is 0. The second kappa shape index (κ2) is 7.42. The van der Waals surface area contributed by atoms with Crippen LogP contribution < -0.4 is 0 Å². The molecule has 1 fully saturated rings. The van der Waals surface area contributed by atoms with E-state index in [0.717, 1.165) is 19.4 Å². The van der Waals surface area contributed by atoms with Crippen LogP contribution in [0.1, 0.15) is 36.0 Å². The first-order chi connectivity index (χ1) is 10.4. The number of hydrogen-bond acceptors (Lipinski definition) is 1. The van der Waals surface area contributed by atoms with Crippen molar-refractivity contribution in [3.63, 3.8) is 0 Å². The van der Waals surface area contributed by atoms with Crippen LogP contribution in [0.15, 0.2) is 54.6 Å². The highest BCUT2D eigenvalue weighted by Crippen LogP contribution is 2.17.